The molecule has 1 aliphatic rings. The first-order valence-electron chi connectivity index (χ1n) is 12.6. The van der Waals surface area contributed by atoms with Crippen molar-refractivity contribution in [2.75, 3.05) is 6.61 Å². The highest BCUT2D eigenvalue weighted by molar-refractivity contribution is 6.76. The standard InChI is InChI=1S/C29H29Cl3N4O4/c30-29(31,32)28(33)27-24(35-36-34)26(39-18-22-14-8-3-9-15-22)25(38-17-21-12-6-2-7-13-21)23(40-27)19-37-16-20-10-4-1-5-11-20/h1-15,23-27,33H,16-19H2/t23-,24-,25-,26?,27+/m1/s1. The molecule has 1 N–H and O–H groups in total. The molecule has 1 unspecified atom stereocenters. The zero-order valence-electron chi connectivity index (χ0n) is 21.5. The number of nitrogens with one attached hydrogen (secondary N) is 1. The van der Waals surface area contributed by atoms with Crippen molar-refractivity contribution in [1.29, 1.82) is 5.41 Å². The molecule has 1 fully saturated rings. The molecular weight excluding hydrogens is 575 g/mol. The van der Waals surface area contributed by atoms with Gasteiger partial charge < -0.3 is 24.4 Å². The number of azide groups is 1. The third-order valence-corrected chi connectivity index (χ3v) is 7.01. The molecule has 0 aliphatic carbocycles. The van der Waals surface area contributed by atoms with Crippen LogP contribution in [0.5, 0.6) is 0 Å². The fraction of sp³-hybridized carbons (Fsp3) is 0.345. The van der Waals surface area contributed by atoms with Crippen LogP contribution in [0.3, 0.4) is 0 Å². The van der Waals surface area contributed by atoms with E-state index in [9.17, 15) is 5.53 Å². The molecular formula is C29H29Cl3N4O4. The van der Waals surface area contributed by atoms with Gasteiger partial charge in [-0.1, -0.05) is 131 Å². The van der Waals surface area contributed by atoms with Gasteiger partial charge in [-0.25, -0.2) is 0 Å². The summed E-state index contributed by atoms with van der Waals surface area (Å²) in [5.41, 5.74) is 11.9. The molecule has 1 saturated heterocycles. The minimum absolute atomic E-state index is 0.0895. The van der Waals surface area contributed by atoms with Crippen LogP contribution in [0.15, 0.2) is 96.1 Å². The van der Waals surface area contributed by atoms with Crippen LogP contribution in [-0.4, -0.2) is 46.6 Å². The Kier molecular flexibility index (Phi) is 11.2. The summed E-state index contributed by atoms with van der Waals surface area (Å²) in [4.78, 5) is 3.01. The highest BCUT2D eigenvalue weighted by Crippen LogP contribution is 2.37. The molecule has 0 amide bonds. The van der Waals surface area contributed by atoms with Crippen LogP contribution in [0.2, 0.25) is 0 Å². The number of halogens is 3. The van der Waals surface area contributed by atoms with Crippen LogP contribution in [0, 0.1) is 5.41 Å². The highest BCUT2D eigenvalue weighted by atomic mass is 35.6. The number of hydrogen-bond acceptors (Lipinski definition) is 6. The zero-order chi connectivity index (χ0) is 28.4. The number of alkyl halides is 3. The van der Waals surface area contributed by atoms with Crippen LogP contribution >= 0.6 is 34.8 Å². The van der Waals surface area contributed by atoms with Gasteiger partial charge in [-0.3, -0.25) is 0 Å². The lowest BCUT2D eigenvalue weighted by Crippen LogP contribution is -2.62. The minimum atomic E-state index is -2.09. The smallest absolute Gasteiger partial charge is 0.230 e. The van der Waals surface area contributed by atoms with E-state index in [1.54, 1.807) is 0 Å². The maximum atomic E-state index is 9.46. The van der Waals surface area contributed by atoms with Crippen LogP contribution in [-0.2, 0) is 38.8 Å². The van der Waals surface area contributed by atoms with Gasteiger partial charge in [-0.15, -0.1) is 0 Å². The van der Waals surface area contributed by atoms with Crippen LogP contribution in [0.4, 0.5) is 0 Å². The molecule has 0 radical (unpaired) electrons. The Morgan fingerprint density at radius 1 is 0.800 bits per heavy atom. The van der Waals surface area contributed by atoms with Gasteiger partial charge in [0.1, 0.15) is 18.3 Å². The second-order valence-corrected chi connectivity index (χ2v) is 11.5. The van der Waals surface area contributed by atoms with E-state index in [1.807, 2.05) is 91.0 Å². The largest absolute Gasteiger partial charge is 0.374 e. The second-order valence-electron chi connectivity index (χ2n) is 9.23. The molecule has 0 aromatic heterocycles. The summed E-state index contributed by atoms with van der Waals surface area (Å²) >= 11 is 18.3. The van der Waals surface area contributed by atoms with Crippen LogP contribution in [0.25, 0.3) is 10.4 Å². The summed E-state index contributed by atoms with van der Waals surface area (Å²) in [5, 5.41) is 12.5. The second kappa shape index (κ2) is 14.8. The molecule has 210 valence electrons. The van der Waals surface area contributed by atoms with Gasteiger partial charge in [0.2, 0.25) is 3.79 Å². The molecule has 1 heterocycles. The number of benzene rings is 3. The molecule has 3 aromatic carbocycles. The van der Waals surface area contributed by atoms with E-state index < -0.39 is 34.3 Å². The first-order valence-corrected chi connectivity index (χ1v) is 13.8. The monoisotopic (exact) mass is 602 g/mol. The van der Waals surface area contributed by atoms with Gasteiger partial charge in [0, 0.05) is 4.91 Å². The van der Waals surface area contributed by atoms with Gasteiger partial charge in [-0.2, -0.15) is 0 Å². The van der Waals surface area contributed by atoms with E-state index in [2.05, 4.69) is 10.0 Å². The lowest BCUT2D eigenvalue weighted by Gasteiger charge is -2.45. The third-order valence-electron chi connectivity index (χ3n) is 6.40. The van der Waals surface area contributed by atoms with Crippen molar-refractivity contribution in [3.8, 4) is 0 Å². The predicted octanol–water partition coefficient (Wildman–Crippen LogP) is 7.21. The summed E-state index contributed by atoms with van der Waals surface area (Å²) in [6.45, 7) is 0.852. The predicted molar refractivity (Wildman–Crippen MR) is 156 cm³/mol. The Morgan fingerprint density at radius 3 is 1.75 bits per heavy atom. The van der Waals surface area contributed by atoms with Gasteiger partial charge in [0.15, 0.2) is 0 Å². The van der Waals surface area contributed by atoms with Gasteiger partial charge >= 0.3 is 0 Å². The van der Waals surface area contributed by atoms with E-state index in [-0.39, 0.29) is 25.5 Å². The fourth-order valence-corrected chi connectivity index (χ4v) is 4.76. The van der Waals surface area contributed by atoms with Crippen molar-refractivity contribution in [2.45, 2.75) is 54.1 Å². The molecule has 0 spiro atoms. The molecule has 8 nitrogen and oxygen atoms in total. The summed E-state index contributed by atoms with van der Waals surface area (Å²) < 4.78 is 23.0. The maximum Gasteiger partial charge on any atom is 0.230 e. The van der Waals surface area contributed by atoms with Gasteiger partial charge in [0.25, 0.3) is 0 Å². The molecule has 0 saturated carbocycles. The zero-order valence-corrected chi connectivity index (χ0v) is 23.8. The Morgan fingerprint density at radius 2 is 1.27 bits per heavy atom. The van der Waals surface area contributed by atoms with Crippen LogP contribution < -0.4 is 0 Å². The Bertz CT molecular complexity index is 1260. The van der Waals surface area contributed by atoms with Crippen LogP contribution in [0.1, 0.15) is 16.7 Å². The topological polar surface area (TPSA) is 110 Å². The molecule has 5 atom stereocenters. The van der Waals surface area contributed by atoms with Crippen molar-refractivity contribution in [3.05, 3.63) is 118 Å². The average Bonchev–Trinajstić information content (AvgIpc) is 2.97. The average molecular weight is 604 g/mol. The minimum Gasteiger partial charge on any atom is -0.374 e. The molecule has 40 heavy (non-hydrogen) atoms. The van der Waals surface area contributed by atoms with E-state index in [4.69, 9.17) is 59.2 Å². The van der Waals surface area contributed by atoms with Crippen molar-refractivity contribution < 1.29 is 18.9 Å². The Balaban J connectivity index is 1.65. The normalized spacial score (nSPS) is 22.8. The molecule has 11 heteroatoms. The SMILES string of the molecule is [N-]=[N+]=N[C@@H]1C(OCc2ccccc2)[C@H](OCc2ccccc2)[C@@H](COCc2ccccc2)O[C@@H]1C(=N)C(Cl)(Cl)Cl. The Hall–Kier alpha value is -2.65. The third kappa shape index (κ3) is 8.43. The molecule has 3 aromatic rings. The van der Waals surface area contributed by atoms with E-state index in [0.29, 0.717) is 6.61 Å². The lowest BCUT2D eigenvalue weighted by molar-refractivity contribution is -0.215. The summed E-state index contributed by atoms with van der Waals surface area (Å²) in [5.74, 6) is 0. The van der Waals surface area contributed by atoms with E-state index >= 15 is 0 Å². The van der Waals surface area contributed by atoms with Crippen molar-refractivity contribution in [2.24, 2.45) is 5.11 Å². The van der Waals surface area contributed by atoms with Gasteiger partial charge in [0.05, 0.1) is 44.3 Å². The number of hydrogen-bond donors (Lipinski definition) is 1. The van der Waals surface area contributed by atoms with Crippen molar-refractivity contribution >= 4 is 40.5 Å². The van der Waals surface area contributed by atoms with Crippen molar-refractivity contribution in [1.82, 2.24) is 0 Å². The highest BCUT2D eigenvalue weighted by Gasteiger charge is 2.51. The molecule has 4 rings (SSSR count). The summed E-state index contributed by atoms with van der Waals surface area (Å²) in [7, 11) is 0. The van der Waals surface area contributed by atoms with E-state index in [1.165, 1.54) is 0 Å². The first-order chi connectivity index (χ1) is 19.4. The van der Waals surface area contributed by atoms with Crippen molar-refractivity contribution in [3.63, 3.8) is 0 Å². The summed E-state index contributed by atoms with van der Waals surface area (Å²) in [6.07, 6.45) is -3.52. The van der Waals surface area contributed by atoms with E-state index in [0.717, 1.165) is 16.7 Å². The lowest BCUT2D eigenvalue weighted by atomic mass is 9.90. The first kappa shape index (κ1) is 30.3. The van der Waals surface area contributed by atoms with Gasteiger partial charge in [-0.05, 0) is 22.2 Å². The number of ether oxygens (including phenoxy) is 4. The number of nitrogens with zero attached hydrogens (tertiary/aromatic N) is 3. The quantitative estimate of drug-likeness (QED) is 0.0775. The Labute approximate surface area is 248 Å². The number of rotatable bonds is 12. The molecule has 0 bridgehead atoms. The fourth-order valence-electron chi connectivity index (χ4n) is 4.44. The molecule has 1 aliphatic heterocycles. The summed E-state index contributed by atoms with van der Waals surface area (Å²) in [6, 6.07) is 27.8. The maximum absolute atomic E-state index is 9.46.